The molecule has 1 aliphatic rings. The smallest absolute Gasteiger partial charge is 0.0799 e. The van der Waals surface area contributed by atoms with E-state index in [0.717, 1.165) is 47.2 Å². The predicted molar refractivity (Wildman–Crippen MR) is 75.3 cm³/mol. The van der Waals surface area contributed by atoms with Crippen LogP contribution in [0.1, 0.15) is 5.56 Å². The van der Waals surface area contributed by atoms with Crippen LogP contribution in [-0.4, -0.2) is 36.0 Å². The molecule has 0 spiro atoms. The molecule has 0 bridgehead atoms. The van der Waals surface area contributed by atoms with Gasteiger partial charge in [-0.15, -0.1) is 0 Å². The van der Waals surface area contributed by atoms with Crippen LogP contribution in [0.2, 0.25) is 10.0 Å². The number of hydrogen-bond donors (Lipinski definition) is 0. The van der Waals surface area contributed by atoms with Crippen LogP contribution >= 0.6 is 39.1 Å². The lowest BCUT2D eigenvalue weighted by atomic mass is 10.2. The summed E-state index contributed by atoms with van der Waals surface area (Å²) < 4.78 is 5.60. The van der Waals surface area contributed by atoms with E-state index in [1.807, 2.05) is 18.2 Å². The molecule has 2 rings (SSSR count). The van der Waals surface area contributed by atoms with Gasteiger partial charge in [-0.3, -0.25) is 4.90 Å². The molecule has 1 heterocycles. The Morgan fingerprint density at radius 2 is 2.24 bits per heavy atom. The van der Waals surface area contributed by atoms with Gasteiger partial charge >= 0.3 is 0 Å². The second-order valence-corrected chi connectivity index (χ2v) is 5.61. The molecule has 1 unspecified atom stereocenters. The molecule has 5 heteroatoms. The zero-order valence-corrected chi connectivity index (χ0v) is 12.4. The number of alkyl halides is 1. The monoisotopic (exact) mass is 337 g/mol. The number of morpholine rings is 1. The highest BCUT2D eigenvalue weighted by atomic mass is 79.9. The molecule has 0 aliphatic carbocycles. The summed E-state index contributed by atoms with van der Waals surface area (Å²) in [6, 6.07) is 5.60. The van der Waals surface area contributed by atoms with Crippen LogP contribution in [0.15, 0.2) is 18.2 Å². The normalized spacial score (nSPS) is 21.7. The van der Waals surface area contributed by atoms with Crippen molar-refractivity contribution < 1.29 is 4.74 Å². The fourth-order valence-corrected chi connectivity index (χ4v) is 2.69. The van der Waals surface area contributed by atoms with Gasteiger partial charge in [-0.1, -0.05) is 39.1 Å². The SMILES string of the molecule is Clc1ccc(Cl)c(CN2CCOC(CBr)C2)c1. The van der Waals surface area contributed by atoms with E-state index in [1.165, 1.54) is 0 Å². The third-order valence-corrected chi connectivity index (χ3v) is 4.12. The molecule has 1 atom stereocenters. The van der Waals surface area contributed by atoms with Gasteiger partial charge < -0.3 is 4.74 Å². The van der Waals surface area contributed by atoms with Crippen LogP contribution in [-0.2, 0) is 11.3 Å². The van der Waals surface area contributed by atoms with E-state index in [4.69, 9.17) is 27.9 Å². The van der Waals surface area contributed by atoms with Crippen LogP contribution in [0.25, 0.3) is 0 Å². The topological polar surface area (TPSA) is 12.5 Å². The highest BCUT2D eigenvalue weighted by molar-refractivity contribution is 9.09. The van der Waals surface area contributed by atoms with Crippen LogP contribution in [0.3, 0.4) is 0 Å². The van der Waals surface area contributed by atoms with Gasteiger partial charge in [-0.25, -0.2) is 0 Å². The van der Waals surface area contributed by atoms with Crippen LogP contribution in [0, 0.1) is 0 Å². The van der Waals surface area contributed by atoms with Gasteiger partial charge in [0.25, 0.3) is 0 Å². The maximum absolute atomic E-state index is 6.16. The summed E-state index contributed by atoms with van der Waals surface area (Å²) in [5.41, 5.74) is 1.08. The van der Waals surface area contributed by atoms with E-state index in [1.54, 1.807) is 0 Å². The molecule has 0 amide bonds. The standard InChI is InChI=1S/C12H14BrCl2NO/c13-6-11-8-16(3-4-17-11)7-9-5-10(14)1-2-12(9)15/h1-2,5,11H,3-4,6-8H2. The first-order valence-corrected chi connectivity index (χ1v) is 7.40. The Labute approximate surface area is 120 Å². The number of rotatable bonds is 3. The number of halogens is 3. The molecule has 1 aromatic carbocycles. The fourth-order valence-electron chi connectivity index (χ4n) is 1.92. The largest absolute Gasteiger partial charge is 0.375 e. The van der Waals surface area contributed by atoms with Crippen LogP contribution < -0.4 is 0 Å². The first-order valence-electron chi connectivity index (χ1n) is 5.53. The van der Waals surface area contributed by atoms with Gasteiger partial charge in [0.2, 0.25) is 0 Å². The Morgan fingerprint density at radius 3 is 3.00 bits per heavy atom. The molecule has 94 valence electrons. The number of ether oxygens (including phenoxy) is 1. The summed E-state index contributed by atoms with van der Waals surface area (Å²) in [4.78, 5) is 2.34. The summed E-state index contributed by atoms with van der Waals surface area (Å²) >= 11 is 15.6. The number of nitrogens with zero attached hydrogens (tertiary/aromatic N) is 1. The summed E-state index contributed by atoms with van der Waals surface area (Å²) in [6.45, 7) is 3.46. The minimum absolute atomic E-state index is 0.265. The maximum Gasteiger partial charge on any atom is 0.0799 e. The van der Waals surface area contributed by atoms with Crippen molar-refractivity contribution in [2.75, 3.05) is 25.0 Å². The van der Waals surface area contributed by atoms with Crippen molar-refractivity contribution >= 4 is 39.1 Å². The van der Waals surface area contributed by atoms with Gasteiger partial charge in [-0.2, -0.15) is 0 Å². The summed E-state index contributed by atoms with van der Waals surface area (Å²) in [7, 11) is 0. The lowest BCUT2D eigenvalue weighted by Gasteiger charge is -2.32. The molecule has 1 aromatic rings. The fraction of sp³-hybridized carbons (Fsp3) is 0.500. The Bertz CT molecular complexity index is 389. The van der Waals surface area contributed by atoms with E-state index in [2.05, 4.69) is 20.8 Å². The quantitative estimate of drug-likeness (QED) is 0.781. The van der Waals surface area contributed by atoms with Crippen molar-refractivity contribution in [2.24, 2.45) is 0 Å². The van der Waals surface area contributed by atoms with E-state index in [0.29, 0.717) is 0 Å². The molecule has 1 saturated heterocycles. The molecular formula is C12H14BrCl2NO. The van der Waals surface area contributed by atoms with Crippen molar-refractivity contribution in [3.8, 4) is 0 Å². The van der Waals surface area contributed by atoms with E-state index >= 15 is 0 Å². The molecule has 1 aliphatic heterocycles. The average Bonchev–Trinajstić information content (AvgIpc) is 2.34. The van der Waals surface area contributed by atoms with E-state index in [-0.39, 0.29) is 6.10 Å². The number of hydrogen-bond acceptors (Lipinski definition) is 2. The summed E-state index contributed by atoms with van der Waals surface area (Å²) in [6.07, 6.45) is 0.265. The summed E-state index contributed by atoms with van der Waals surface area (Å²) in [5.74, 6) is 0. The van der Waals surface area contributed by atoms with E-state index < -0.39 is 0 Å². The molecule has 0 aromatic heterocycles. The average molecular weight is 339 g/mol. The van der Waals surface area contributed by atoms with Crippen molar-refractivity contribution in [1.82, 2.24) is 4.90 Å². The maximum atomic E-state index is 6.16. The number of benzene rings is 1. The molecule has 0 N–H and O–H groups in total. The van der Waals surface area contributed by atoms with Gasteiger partial charge in [-0.05, 0) is 23.8 Å². The highest BCUT2D eigenvalue weighted by Gasteiger charge is 2.20. The third kappa shape index (κ3) is 3.83. The van der Waals surface area contributed by atoms with Crippen molar-refractivity contribution in [2.45, 2.75) is 12.6 Å². The molecule has 2 nitrogen and oxygen atoms in total. The van der Waals surface area contributed by atoms with Gasteiger partial charge in [0.1, 0.15) is 0 Å². The van der Waals surface area contributed by atoms with Crippen molar-refractivity contribution in [3.63, 3.8) is 0 Å². The lowest BCUT2D eigenvalue weighted by Crippen LogP contribution is -2.42. The Hall–Kier alpha value is 0.200. The second-order valence-electron chi connectivity index (χ2n) is 4.12. The van der Waals surface area contributed by atoms with E-state index in [9.17, 15) is 0 Å². The van der Waals surface area contributed by atoms with Crippen molar-refractivity contribution in [3.05, 3.63) is 33.8 Å². The van der Waals surface area contributed by atoms with Gasteiger partial charge in [0.05, 0.1) is 12.7 Å². The highest BCUT2D eigenvalue weighted by Crippen LogP contribution is 2.23. The minimum Gasteiger partial charge on any atom is -0.375 e. The Kier molecular flexibility index (Phi) is 5.12. The Balaban J connectivity index is 2.02. The molecule has 1 fully saturated rings. The molecule has 0 radical (unpaired) electrons. The van der Waals surface area contributed by atoms with Gasteiger partial charge in [0, 0.05) is 35.0 Å². The second kappa shape index (κ2) is 6.39. The summed E-state index contributed by atoms with van der Waals surface area (Å²) in [5, 5.41) is 2.37. The predicted octanol–water partition coefficient (Wildman–Crippen LogP) is 3.59. The Morgan fingerprint density at radius 1 is 1.41 bits per heavy atom. The zero-order valence-electron chi connectivity index (χ0n) is 9.33. The molecule has 17 heavy (non-hydrogen) atoms. The van der Waals surface area contributed by atoms with Crippen LogP contribution in [0.4, 0.5) is 0 Å². The third-order valence-electron chi connectivity index (χ3n) is 2.80. The van der Waals surface area contributed by atoms with Gasteiger partial charge in [0.15, 0.2) is 0 Å². The minimum atomic E-state index is 0.265. The molecular weight excluding hydrogens is 325 g/mol. The molecule has 0 saturated carbocycles. The van der Waals surface area contributed by atoms with Crippen LogP contribution in [0.5, 0.6) is 0 Å². The van der Waals surface area contributed by atoms with Crippen molar-refractivity contribution in [1.29, 1.82) is 0 Å². The first-order chi connectivity index (χ1) is 8.19. The lowest BCUT2D eigenvalue weighted by molar-refractivity contribution is -0.0181. The first kappa shape index (κ1) is 13.6. The zero-order chi connectivity index (χ0) is 12.3.